The van der Waals surface area contributed by atoms with Crippen LogP contribution in [0.1, 0.15) is 5.56 Å². The third-order valence-corrected chi connectivity index (χ3v) is 1.83. The lowest BCUT2D eigenvalue weighted by molar-refractivity contribution is -0.385. The molecule has 0 saturated heterocycles. The number of rotatable bonds is 2. The number of aromatic nitrogens is 1. The Bertz CT molecular complexity index is 437. The zero-order valence-electron chi connectivity index (χ0n) is 6.85. The summed E-state index contributed by atoms with van der Waals surface area (Å²) in [5.74, 6) is 0. The number of hydrogen-bond donors (Lipinski definition) is 0. The Hall–Kier alpha value is -1.93. The van der Waals surface area contributed by atoms with Gasteiger partial charge in [0.1, 0.15) is 11.2 Å². The molecule has 6 heteroatoms. The van der Waals surface area contributed by atoms with E-state index in [2.05, 4.69) is 4.98 Å². The first kappa shape index (κ1) is 10.2. The molecule has 0 aliphatic heterocycles. The van der Waals surface area contributed by atoms with Gasteiger partial charge in [-0.2, -0.15) is 5.26 Å². The highest BCUT2D eigenvalue weighted by atomic mass is 35.5. The van der Waals surface area contributed by atoms with E-state index >= 15 is 0 Å². The standard InChI is InChI=1S/C8H4ClN3O2/c9-8-6(2-1-3-10)4-11-5-7(8)12(13)14/h1-2,4-5H. The van der Waals surface area contributed by atoms with Crippen LogP contribution in [0.5, 0.6) is 0 Å². The fourth-order valence-corrected chi connectivity index (χ4v) is 1.05. The van der Waals surface area contributed by atoms with Crippen molar-refractivity contribution in [2.75, 3.05) is 0 Å². The van der Waals surface area contributed by atoms with E-state index in [-0.39, 0.29) is 10.7 Å². The van der Waals surface area contributed by atoms with Crippen LogP contribution in [0.4, 0.5) is 5.69 Å². The summed E-state index contributed by atoms with van der Waals surface area (Å²) in [5, 5.41) is 18.7. The number of nitrogens with zero attached hydrogens (tertiary/aromatic N) is 3. The Morgan fingerprint density at radius 3 is 2.93 bits per heavy atom. The van der Waals surface area contributed by atoms with Crippen molar-refractivity contribution in [2.24, 2.45) is 0 Å². The van der Waals surface area contributed by atoms with Crippen molar-refractivity contribution in [1.29, 1.82) is 5.26 Å². The molecule has 0 spiro atoms. The summed E-state index contributed by atoms with van der Waals surface area (Å²) in [4.78, 5) is 13.4. The van der Waals surface area contributed by atoms with Gasteiger partial charge in [0.25, 0.3) is 0 Å². The van der Waals surface area contributed by atoms with Crippen LogP contribution in [0.2, 0.25) is 5.02 Å². The van der Waals surface area contributed by atoms with Crippen LogP contribution in [0.25, 0.3) is 6.08 Å². The molecule has 0 atom stereocenters. The predicted octanol–water partition coefficient (Wildman–Crippen LogP) is 2.18. The highest BCUT2D eigenvalue weighted by Crippen LogP contribution is 2.27. The molecule has 0 amide bonds. The van der Waals surface area contributed by atoms with Crippen molar-refractivity contribution in [3.63, 3.8) is 0 Å². The Balaban J connectivity index is 3.22. The third-order valence-electron chi connectivity index (χ3n) is 1.42. The van der Waals surface area contributed by atoms with Crippen LogP contribution in [-0.2, 0) is 0 Å². The molecule has 5 nitrogen and oxygen atoms in total. The SMILES string of the molecule is N#CC=Cc1cncc([N+](=O)[O-])c1Cl. The number of nitro groups is 1. The fraction of sp³-hybridized carbons (Fsp3) is 0. The molecule has 1 aromatic heterocycles. The monoisotopic (exact) mass is 209 g/mol. The van der Waals surface area contributed by atoms with Crippen molar-refractivity contribution in [3.8, 4) is 6.07 Å². The topological polar surface area (TPSA) is 79.8 Å². The van der Waals surface area contributed by atoms with E-state index in [9.17, 15) is 10.1 Å². The first-order valence-corrected chi connectivity index (χ1v) is 3.88. The lowest BCUT2D eigenvalue weighted by Gasteiger charge is -1.97. The van der Waals surface area contributed by atoms with Crippen molar-refractivity contribution < 1.29 is 4.92 Å². The maximum Gasteiger partial charge on any atom is 0.306 e. The molecule has 1 heterocycles. The Labute approximate surface area is 84.4 Å². The number of halogens is 1. The number of nitriles is 1. The second kappa shape index (κ2) is 4.35. The van der Waals surface area contributed by atoms with Crippen LogP contribution in [0.3, 0.4) is 0 Å². The highest BCUT2D eigenvalue weighted by molar-refractivity contribution is 6.34. The van der Waals surface area contributed by atoms with E-state index < -0.39 is 4.92 Å². The molecule has 0 bridgehead atoms. The quantitative estimate of drug-likeness (QED) is 0.425. The summed E-state index contributed by atoms with van der Waals surface area (Å²) in [6.45, 7) is 0. The van der Waals surface area contributed by atoms with Crippen molar-refractivity contribution in [1.82, 2.24) is 4.98 Å². The normalized spacial score (nSPS) is 10.0. The molecule has 14 heavy (non-hydrogen) atoms. The Kier molecular flexibility index (Phi) is 3.15. The molecule has 70 valence electrons. The molecule has 0 aromatic carbocycles. The van der Waals surface area contributed by atoms with Gasteiger partial charge in [-0.05, 0) is 6.08 Å². The molecule has 0 radical (unpaired) electrons. The van der Waals surface area contributed by atoms with Crippen LogP contribution in [0.15, 0.2) is 18.5 Å². The molecule has 0 aliphatic rings. The van der Waals surface area contributed by atoms with Gasteiger partial charge in [0.2, 0.25) is 0 Å². The zero-order valence-corrected chi connectivity index (χ0v) is 7.60. The van der Waals surface area contributed by atoms with Crippen LogP contribution < -0.4 is 0 Å². The van der Waals surface area contributed by atoms with Gasteiger partial charge in [0.15, 0.2) is 0 Å². The third kappa shape index (κ3) is 2.06. The predicted molar refractivity (Wildman–Crippen MR) is 50.5 cm³/mol. The molecule has 1 aromatic rings. The fourth-order valence-electron chi connectivity index (χ4n) is 0.820. The lowest BCUT2D eigenvalue weighted by atomic mass is 10.2. The van der Waals surface area contributed by atoms with Crippen LogP contribution in [-0.4, -0.2) is 9.91 Å². The molecular formula is C8H4ClN3O2. The summed E-state index contributed by atoms with van der Waals surface area (Å²) in [6.07, 6.45) is 4.95. The average molecular weight is 210 g/mol. The number of hydrogen-bond acceptors (Lipinski definition) is 4. The van der Waals surface area contributed by atoms with E-state index in [1.165, 1.54) is 18.3 Å². The van der Waals surface area contributed by atoms with Gasteiger partial charge in [-0.15, -0.1) is 0 Å². The van der Waals surface area contributed by atoms with E-state index in [0.29, 0.717) is 5.56 Å². The van der Waals surface area contributed by atoms with Crippen molar-refractivity contribution in [2.45, 2.75) is 0 Å². The minimum atomic E-state index is -0.626. The second-order valence-corrected chi connectivity index (χ2v) is 2.66. The van der Waals surface area contributed by atoms with E-state index in [1.54, 1.807) is 6.07 Å². The average Bonchev–Trinajstić information content (AvgIpc) is 2.16. The Morgan fingerprint density at radius 1 is 1.64 bits per heavy atom. The molecule has 0 fully saturated rings. The molecule has 0 saturated carbocycles. The highest BCUT2D eigenvalue weighted by Gasteiger charge is 2.14. The van der Waals surface area contributed by atoms with E-state index in [0.717, 1.165) is 6.20 Å². The van der Waals surface area contributed by atoms with Gasteiger partial charge in [-0.3, -0.25) is 15.1 Å². The lowest BCUT2D eigenvalue weighted by Crippen LogP contribution is -1.91. The van der Waals surface area contributed by atoms with Crippen molar-refractivity contribution in [3.05, 3.63) is 39.2 Å². The van der Waals surface area contributed by atoms with Crippen LogP contribution in [0, 0.1) is 21.4 Å². The second-order valence-electron chi connectivity index (χ2n) is 2.28. The summed E-state index contributed by atoms with van der Waals surface area (Å²) in [6, 6.07) is 1.76. The minimum Gasteiger partial charge on any atom is -0.258 e. The molecule has 0 N–H and O–H groups in total. The van der Waals surface area contributed by atoms with Crippen LogP contribution >= 0.6 is 11.6 Å². The first-order chi connectivity index (χ1) is 6.66. The van der Waals surface area contributed by atoms with E-state index in [1.807, 2.05) is 0 Å². The maximum atomic E-state index is 10.4. The molecule has 0 unspecified atom stereocenters. The number of allylic oxidation sites excluding steroid dienone is 1. The minimum absolute atomic E-state index is 0.0171. The van der Waals surface area contributed by atoms with Gasteiger partial charge in [-0.25, -0.2) is 0 Å². The number of pyridine rings is 1. The largest absolute Gasteiger partial charge is 0.306 e. The summed E-state index contributed by atoms with van der Waals surface area (Å²) in [7, 11) is 0. The van der Waals surface area contributed by atoms with E-state index in [4.69, 9.17) is 16.9 Å². The van der Waals surface area contributed by atoms with Gasteiger partial charge < -0.3 is 0 Å². The van der Waals surface area contributed by atoms with Gasteiger partial charge in [0.05, 0.1) is 11.0 Å². The smallest absolute Gasteiger partial charge is 0.258 e. The summed E-state index contributed by atoms with van der Waals surface area (Å²) in [5.41, 5.74) is 0.0779. The molecule has 0 aliphatic carbocycles. The van der Waals surface area contributed by atoms with Gasteiger partial charge in [-0.1, -0.05) is 11.6 Å². The van der Waals surface area contributed by atoms with Crippen molar-refractivity contribution >= 4 is 23.4 Å². The first-order valence-electron chi connectivity index (χ1n) is 3.51. The maximum absolute atomic E-state index is 10.4. The summed E-state index contributed by atoms with van der Waals surface area (Å²) >= 11 is 5.70. The van der Waals surface area contributed by atoms with Gasteiger partial charge in [0, 0.05) is 17.8 Å². The summed E-state index contributed by atoms with van der Waals surface area (Å²) < 4.78 is 0. The molecule has 1 rings (SSSR count). The molecular weight excluding hydrogens is 206 g/mol. The Morgan fingerprint density at radius 2 is 2.36 bits per heavy atom. The zero-order chi connectivity index (χ0) is 10.6. The van der Waals surface area contributed by atoms with Gasteiger partial charge >= 0.3 is 5.69 Å².